The lowest BCUT2D eigenvalue weighted by atomic mass is 9.98. The Kier molecular flexibility index (Phi) is 3.46. The first-order valence-electron chi connectivity index (χ1n) is 5.34. The maximum Gasteiger partial charge on any atom is 0.123 e. The Balaban J connectivity index is 2.36. The van der Waals surface area contributed by atoms with Gasteiger partial charge in [0.25, 0.3) is 0 Å². The normalized spacial score (nSPS) is 12.5. The van der Waals surface area contributed by atoms with Crippen molar-refractivity contribution in [1.82, 2.24) is 0 Å². The van der Waals surface area contributed by atoms with E-state index >= 15 is 0 Å². The maximum atomic E-state index is 13.3. The summed E-state index contributed by atoms with van der Waals surface area (Å²) >= 11 is 5.81. The van der Waals surface area contributed by atoms with Crippen LogP contribution in [-0.2, 0) is 0 Å². The minimum Gasteiger partial charge on any atom is -0.320 e. The molecular formula is C14H13ClFN. The predicted octanol–water partition coefficient (Wildman–Crippen LogP) is 3.84. The van der Waals surface area contributed by atoms with Crippen molar-refractivity contribution in [2.24, 2.45) is 5.73 Å². The van der Waals surface area contributed by atoms with Crippen molar-refractivity contribution in [2.75, 3.05) is 0 Å². The van der Waals surface area contributed by atoms with Crippen molar-refractivity contribution in [2.45, 2.75) is 13.0 Å². The molecular weight excluding hydrogens is 237 g/mol. The standard InChI is InChI=1S/C14H13ClFN/c1-9-6-11(8-13(16)7-9)14(17)10-2-4-12(15)5-3-10/h2-8,14H,17H2,1H3. The molecule has 0 amide bonds. The van der Waals surface area contributed by atoms with Crippen LogP contribution in [0.3, 0.4) is 0 Å². The lowest BCUT2D eigenvalue weighted by Gasteiger charge is -2.13. The Morgan fingerprint density at radius 2 is 1.71 bits per heavy atom. The molecule has 17 heavy (non-hydrogen) atoms. The van der Waals surface area contributed by atoms with Crippen LogP contribution in [0.5, 0.6) is 0 Å². The van der Waals surface area contributed by atoms with Crippen LogP contribution in [0.25, 0.3) is 0 Å². The highest BCUT2D eigenvalue weighted by Gasteiger charge is 2.10. The number of hydrogen-bond donors (Lipinski definition) is 1. The SMILES string of the molecule is Cc1cc(F)cc(C(N)c2ccc(Cl)cc2)c1. The average molecular weight is 250 g/mol. The highest BCUT2D eigenvalue weighted by atomic mass is 35.5. The number of rotatable bonds is 2. The predicted molar refractivity (Wildman–Crippen MR) is 68.6 cm³/mol. The molecule has 3 heteroatoms. The molecule has 0 saturated heterocycles. The molecule has 0 aliphatic rings. The zero-order chi connectivity index (χ0) is 12.4. The number of nitrogens with two attached hydrogens (primary N) is 1. The Labute approximate surface area is 105 Å². The van der Waals surface area contributed by atoms with E-state index in [9.17, 15) is 4.39 Å². The van der Waals surface area contributed by atoms with Crippen LogP contribution in [-0.4, -0.2) is 0 Å². The second-order valence-electron chi connectivity index (χ2n) is 4.09. The van der Waals surface area contributed by atoms with E-state index in [1.807, 2.05) is 25.1 Å². The summed E-state index contributed by atoms with van der Waals surface area (Å²) in [7, 11) is 0. The number of aryl methyl sites for hydroxylation is 1. The van der Waals surface area contributed by atoms with E-state index in [4.69, 9.17) is 17.3 Å². The van der Waals surface area contributed by atoms with Crippen LogP contribution >= 0.6 is 11.6 Å². The van der Waals surface area contributed by atoms with E-state index in [0.29, 0.717) is 5.02 Å². The van der Waals surface area contributed by atoms with Crippen molar-refractivity contribution in [3.63, 3.8) is 0 Å². The van der Waals surface area contributed by atoms with Crippen LogP contribution in [0.2, 0.25) is 5.02 Å². The van der Waals surface area contributed by atoms with Gasteiger partial charge in [-0.25, -0.2) is 4.39 Å². The van der Waals surface area contributed by atoms with Crippen LogP contribution in [0, 0.1) is 12.7 Å². The maximum absolute atomic E-state index is 13.3. The van der Waals surface area contributed by atoms with E-state index in [1.54, 1.807) is 12.1 Å². The van der Waals surface area contributed by atoms with Crippen LogP contribution < -0.4 is 5.73 Å². The highest BCUT2D eigenvalue weighted by molar-refractivity contribution is 6.30. The summed E-state index contributed by atoms with van der Waals surface area (Å²) in [5.41, 5.74) is 8.64. The molecule has 0 aromatic heterocycles. The Morgan fingerprint density at radius 3 is 2.29 bits per heavy atom. The monoisotopic (exact) mass is 249 g/mol. The minimum atomic E-state index is -0.332. The fourth-order valence-electron chi connectivity index (χ4n) is 1.81. The fourth-order valence-corrected chi connectivity index (χ4v) is 1.93. The molecule has 1 unspecified atom stereocenters. The van der Waals surface area contributed by atoms with Gasteiger partial charge in [0.15, 0.2) is 0 Å². The molecule has 1 atom stereocenters. The molecule has 0 spiro atoms. The lowest BCUT2D eigenvalue weighted by molar-refractivity contribution is 0.622. The van der Waals surface area contributed by atoms with Crippen molar-refractivity contribution in [3.05, 3.63) is 70.0 Å². The van der Waals surface area contributed by atoms with Gasteiger partial charge in [-0.05, 0) is 47.9 Å². The molecule has 2 N–H and O–H groups in total. The third kappa shape index (κ3) is 2.84. The van der Waals surface area contributed by atoms with E-state index in [1.165, 1.54) is 12.1 Å². The number of halogens is 2. The number of benzene rings is 2. The topological polar surface area (TPSA) is 26.0 Å². The van der Waals surface area contributed by atoms with Gasteiger partial charge in [-0.2, -0.15) is 0 Å². The number of hydrogen-bond acceptors (Lipinski definition) is 1. The largest absolute Gasteiger partial charge is 0.320 e. The van der Waals surface area contributed by atoms with Gasteiger partial charge in [0.2, 0.25) is 0 Å². The second-order valence-corrected chi connectivity index (χ2v) is 4.53. The van der Waals surface area contributed by atoms with E-state index in [-0.39, 0.29) is 11.9 Å². The molecule has 0 aliphatic carbocycles. The van der Waals surface area contributed by atoms with Gasteiger partial charge < -0.3 is 5.73 Å². The van der Waals surface area contributed by atoms with Gasteiger partial charge >= 0.3 is 0 Å². The van der Waals surface area contributed by atoms with E-state index in [2.05, 4.69) is 0 Å². The summed E-state index contributed by atoms with van der Waals surface area (Å²) in [6.07, 6.45) is 0. The van der Waals surface area contributed by atoms with E-state index < -0.39 is 0 Å². The molecule has 2 aromatic carbocycles. The zero-order valence-corrected chi connectivity index (χ0v) is 10.2. The van der Waals surface area contributed by atoms with Gasteiger partial charge in [0.05, 0.1) is 6.04 Å². The molecule has 0 saturated carbocycles. The molecule has 88 valence electrons. The van der Waals surface area contributed by atoms with Crippen molar-refractivity contribution < 1.29 is 4.39 Å². The van der Waals surface area contributed by atoms with Gasteiger partial charge in [0, 0.05) is 5.02 Å². The highest BCUT2D eigenvalue weighted by Crippen LogP contribution is 2.22. The first kappa shape index (κ1) is 12.1. The molecule has 0 fully saturated rings. The quantitative estimate of drug-likeness (QED) is 0.860. The zero-order valence-electron chi connectivity index (χ0n) is 9.45. The second kappa shape index (κ2) is 4.86. The summed E-state index contributed by atoms with van der Waals surface area (Å²) < 4.78 is 13.3. The van der Waals surface area contributed by atoms with Crippen LogP contribution in [0.15, 0.2) is 42.5 Å². The first-order valence-corrected chi connectivity index (χ1v) is 5.72. The van der Waals surface area contributed by atoms with Gasteiger partial charge in [-0.3, -0.25) is 0 Å². The summed E-state index contributed by atoms with van der Waals surface area (Å²) in [6.45, 7) is 1.85. The van der Waals surface area contributed by atoms with Crippen molar-refractivity contribution in [1.29, 1.82) is 0 Å². The van der Waals surface area contributed by atoms with Crippen molar-refractivity contribution >= 4 is 11.6 Å². The Morgan fingerprint density at radius 1 is 1.06 bits per heavy atom. The van der Waals surface area contributed by atoms with Crippen molar-refractivity contribution in [3.8, 4) is 0 Å². The molecule has 1 nitrogen and oxygen atoms in total. The smallest absolute Gasteiger partial charge is 0.123 e. The minimum absolute atomic E-state index is 0.260. The molecule has 0 heterocycles. The third-order valence-corrected chi connectivity index (χ3v) is 2.90. The summed E-state index contributed by atoms with van der Waals surface area (Å²) in [5.74, 6) is -0.260. The van der Waals surface area contributed by atoms with E-state index in [0.717, 1.165) is 16.7 Å². The molecule has 0 radical (unpaired) electrons. The Hall–Kier alpha value is -1.38. The first-order chi connectivity index (χ1) is 8.06. The molecule has 0 bridgehead atoms. The summed E-state index contributed by atoms with van der Waals surface area (Å²) in [5, 5.41) is 0.663. The molecule has 2 aromatic rings. The molecule has 2 rings (SSSR count). The van der Waals surface area contributed by atoms with Gasteiger partial charge in [0.1, 0.15) is 5.82 Å². The average Bonchev–Trinajstić information content (AvgIpc) is 2.28. The third-order valence-electron chi connectivity index (χ3n) is 2.65. The fraction of sp³-hybridized carbons (Fsp3) is 0.143. The summed E-state index contributed by atoms with van der Waals surface area (Å²) in [6, 6.07) is 11.8. The van der Waals surface area contributed by atoms with Gasteiger partial charge in [-0.15, -0.1) is 0 Å². The molecule has 0 aliphatic heterocycles. The Bertz CT molecular complexity index is 502. The van der Waals surface area contributed by atoms with Gasteiger partial charge in [-0.1, -0.05) is 29.8 Å². The van der Waals surface area contributed by atoms with Crippen LogP contribution in [0.4, 0.5) is 4.39 Å². The lowest BCUT2D eigenvalue weighted by Crippen LogP contribution is -2.12. The summed E-state index contributed by atoms with van der Waals surface area (Å²) in [4.78, 5) is 0. The van der Waals surface area contributed by atoms with Crippen LogP contribution in [0.1, 0.15) is 22.7 Å².